The fraction of sp³-hybridized carbons (Fsp3) is 0.909. The second-order valence-corrected chi connectivity index (χ2v) is 4.97. The van der Waals surface area contributed by atoms with E-state index in [1.807, 2.05) is 25.8 Å². The number of carbonyl (C=O) groups is 1. The highest BCUT2D eigenvalue weighted by Gasteiger charge is 2.31. The molecule has 0 spiro atoms. The average molecular weight is 199 g/mol. The molecule has 14 heavy (non-hydrogen) atoms. The zero-order valence-corrected chi connectivity index (χ0v) is 9.67. The molecule has 3 heteroatoms. The third kappa shape index (κ3) is 2.71. The summed E-state index contributed by atoms with van der Waals surface area (Å²) in [5, 5.41) is 1.85. The smallest absolute Gasteiger partial charge is 0.330 e. The molecule has 0 aromatic heterocycles. The standard InChI is InChI=1S/C11H21NO2/c1-5-9-7-6-8-12(9)14-10(13)11(2,3)4/h9H,5-8H2,1-4H3. The lowest BCUT2D eigenvalue weighted by molar-refractivity contribution is -0.204. The minimum absolute atomic E-state index is 0.127. The summed E-state index contributed by atoms with van der Waals surface area (Å²) in [6, 6.07) is 0.432. The molecule has 82 valence electrons. The Morgan fingerprint density at radius 2 is 2.14 bits per heavy atom. The molecular weight excluding hydrogens is 178 g/mol. The molecule has 0 radical (unpaired) electrons. The van der Waals surface area contributed by atoms with Crippen molar-refractivity contribution in [3.63, 3.8) is 0 Å². The predicted molar refractivity (Wildman–Crippen MR) is 55.6 cm³/mol. The molecule has 1 rings (SSSR count). The van der Waals surface area contributed by atoms with Gasteiger partial charge in [-0.25, -0.2) is 4.79 Å². The Bertz CT molecular complexity index is 208. The lowest BCUT2D eigenvalue weighted by atomic mass is 9.98. The van der Waals surface area contributed by atoms with Crippen LogP contribution < -0.4 is 0 Å². The molecule has 0 aromatic rings. The van der Waals surface area contributed by atoms with E-state index in [0.717, 1.165) is 25.8 Å². The summed E-state index contributed by atoms with van der Waals surface area (Å²) < 4.78 is 0. The van der Waals surface area contributed by atoms with Crippen LogP contribution in [0.5, 0.6) is 0 Å². The van der Waals surface area contributed by atoms with Gasteiger partial charge in [0, 0.05) is 12.6 Å². The van der Waals surface area contributed by atoms with Crippen LogP contribution in [0.2, 0.25) is 0 Å². The van der Waals surface area contributed by atoms with Gasteiger partial charge < -0.3 is 4.84 Å². The summed E-state index contributed by atoms with van der Waals surface area (Å²) in [5.74, 6) is -0.127. The summed E-state index contributed by atoms with van der Waals surface area (Å²) in [4.78, 5) is 17.0. The van der Waals surface area contributed by atoms with Crippen molar-refractivity contribution in [1.82, 2.24) is 5.06 Å². The Labute approximate surface area is 86.4 Å². The number of carbonyl (C=O) groups excluding carboxylic acids is 1. The first-order chi connectivity index (χ1) is 6.45. The molecule has 1 saturated heterocycles. The molecule has 1 aliphatic rings. The van der Waals surface area contributed by atoms with Crippen molar-refractivity contribution in [3.8, 4) is 0 Å². The van der Waals surface area contributed by atoms with E-state index in [0.29, 0.717) is 6.04 Å². The molecule has 1 heterocycles. The molecule has 0 saturated carbocycles. The molecule has 3 nitrogen and oxygen atoms in total. The number of hydrogen-bond donors (Lipinski definition) is 0. The average Bonchev–Trinajstić information content (AvgIpc) is 2.50. The number of hydrogen-bond acceptors (Lipinski definition) is 3. The summed E-state index contributed by atoms with van der Waals surface area (Å²) in [6.07, 6.45) is 3.33. The third-order valence-corrected chi connectivity index (χ3v) is 2.61. The molecule has 0 aromatic carbocycles. The molecule has 1 aliphatic heterocycles. The predicted octanol–water partition coefficient (Wildman–Crippen LogP) is 2.37. The molecule has 1 atom stereocenters. The summed E-state index contributed by atoms with van der Waals surface area (Å²) in [6.45, 7) is 8.67. The van der Waals surface area contributed by atoms with E-state index in [-0.39, 0.29) is 5.97 Å². The second kappa shape index (κ2) is 4.30. The van der Waals surface area contributed by atoms with Gasteiger partial charge in [-0.3, -0.25) is 0 Å². The van der Waals surface area contributed by atoms with Gasteiger partial charge in [-0.05, 0) is 40.0 Å². The van der Waals surface area contributed by atoms with Crippen molar-refractivity contribution < 1.29 is 9.63 Å². The Kier molecular flexibility index (Phi) is 3.53. The second-order valence-electron chi connectivity index (χ2n) is 4.97. The summed E-state index contributed by atoms with van der Waals surface area (Å²) >= 11 is 0. The van der Waals surface area contributed by atoms with Crippen molar-refractivity contribution in [2.75, 3.05) is 6.54 Å². The number of rotatable bonds is 2. The molecular formula is C11H21NO2. The Morgan fingerprint density at radius 1 is 1.50 bits per heavy atom. The molecule has 0 bridgehead atoms. The van der Waals surface area contributed by atoms with Crippen molar-refractivity contribution in [1.29, 1.82) is 0 Å². The first-order valence-corrected chi connectivity index (χ1v) is 5.44. The van der Waals surface area contributed by atoms with Gasteiger partial charge in [-0.15, -0.1) is 5.06 Å². The summed E-state index contributed by atoms with van der Waals surface area (Å²) in [7, 11) is 0. The lowest BCUT2D eigenvalue weighted by Crippen LogP contribution is -2.36. The van der Waals surface area contributed by atoms with Gasteiger partial charge in [0.15, 0.2) is 0 Å². The van der Waals surface area contributed by atoms with Crippen LogP contribution in [-0.2, 0) is 9.63 Å². The van der Waals surface area contributed by atoms with Gasteiger partial charge in [0.1, 0.15) is 0 Å². The van der Waals surface area contributed by atoms with Crippen LogP contribution in [0.25, 0.3) is 0 Å². The van der Waals surface area contributed by atoms with E-state index in [4.69, 9.17) is 4.84 Å². The van der Waals surface area contributed by atoms with Gasteiger partial charge in [-0.1, -0.05) is 6.92 Å². The maximum absolute atomic E-state index is 11.6. The van der Waals surface area contributed by atoms with Crippen LogP contribution >= 0.6 is 0 Å². The molecule has 1 fully saturated rings. The fourth-order valence-electron chi connectivity index (χ4n) is 1.58. The van der Waals surface area contributed by atoms with Gasteiger partial charge in [0.05, 0.1) is 5.41 Å². The van der Waals surface area contributed by atoms with Gasteiger partial charge in [-0.2, -0.15) is 0 Å². The first kappa shape index (κ1) is 11.5. The minimum Gasteiger partial charge on any atom is -0.367 e. The Balaban J connectivity index is 2.48. The van der Waals surface area contributed by atoms with Crippen LogP contribution in [-0.4, -0.2) is 23.6 Å². The Morgan fingerprint density at radius 3 is 2.64 bits per heavy atom. The van der Waals surface area contributed by atoms with Crippen LogP contribution in [0.1, 0.15) is 47.0 Å². The van der Waals surface area contributed by atoms with E-state index in [2.05, 4.69) is 6.92 Å². The highest BCUT2D eigenvalue weighted by atomic mass is 16.7. The third-order valence-electron chi connectivity index (χ3n) is 2.61. The largest absolute Gasteiger partial charge is 0.367 e. The fourth-order valence-corrected chi connectivity index (χ4v) is 1.58. The van der Waals surface area contributed by atoms with Crippen LogP contribution in [0.15, 0.2) is 0 Å². The van der Waals surface area contributed by atoms with Gasteiger partial charge in [0.25, 0.3) is 0 Å². The normalized spacial score (nSPS) is 23.9. The molecule has 0 aliphatic carbocycles. The van der Waals surface area contributed by atoms with E-state index in [1.54, 1.807) is 0 Å². The SMILES string of the molecule is CCC1CCCN1OC(=O)C(C)(C)C. The molecule has 0 amide bonds. The quantitative estimate of drug-likeness (QED) is 0.683. The van der Waals surface area contributed by atoms with E-state index in [9.17, 15) is 4.79 Å². The Hall–Kier alpha value is -0.570. The zero-order valence-electron chi connectivity index (χ0n) is 9.67. The monoisotopic (exact) mass is 199 g/mol. The van der Waals surface area contributed by atoms with Crippen molar-refractivity contribution in [2.24, 2.45) is 5.41 Å². The highest BCUT2D eigenvalue weighted by Crippen LogP contribution is 2.23. The van der Waals surface area contributed by atoms with E-state index >= 15 is 0 Å². The first-order valence-electron chi connectivity index (χ1n) is 5.44. The van der Waals surface area contributed by atoms with Crippen molar-refractivity contribution >= 4 is 5.97 Å². The highest BCUT2D eigenvalue weighted by molar-refractivity contribution is 5.75. The molecule has 0 N–H and O–H groups in total. The maximum atomic E-state index is 11.6. The van der Waals surface area contributed by atoms with Crippen molar-refractivity contribution in [3.05, 3.63) is 0 Å². The van der Waals surface area contributed by atoms with E-state index in [1.165, 1.54) is 0 Å². The zero-order chi connectivity index (χ0) is 10.8. The van der Waals surface area contributed by atoms with Crippen LogP contribution in [0.3, 0.4) is 0 Å². The molecule has 1 unspecified atom stereocenters. The van der Waals surface area contributed by atoms with E-state index < -0.39 is 5.41 Å². The van der Waals surface area contributed by atoms with Crippen LogP contribution in [0.4, 0.5) is 0 Å². The van der Waals surface area contributed by atoms with Gasteiger partial charge in [0.2, 0.25) is 0 Å². The number of nitrogens with zero attached hydrogens (tertiary/aromatic N) is 1. The minimum atomic E-state index is -0.402. The summed E-state index contributed by atoms with van der Waals surface area (Å²) in [5.41, 5.74) is -0.402. The van der Waals surface area contributed by atoms with Gasteiger partial charge >= 0.3 is 5.97 Å². The topological polar surface area (TPSA) is 29.5 Å². The number of hydroxylamine groups is 2. The lowest BCUT2D eigenvalue weighted by Gasteiger charge is -2.25. The maximum Gasteiger partial charge on any atom is 0.330 e. The van der Waals surface area contributed by atoms with Crippen molar-refractivity contribution in [2.45, 2.75) is 53.0 Å². The van der Waals surface area contributed by atoms with Crippen LogP contribution in [0, 0.1) is 5.41 Å².